The Bertz CT molecular complexity index is 1060. The number of anilines is 1. The van der Waals surface area contributed by atoms with E-state index in [9.17, 15) is 23.2 Å². The van der Waals surface area contributed by atoms with Crippen molar-refractivity contribution in [3.63, 3.8) is 0 Å². The first-order valence-corrected chi connectivity index (χ1v) is 9.54. The maximum absolute atomic E-state index is 13.6. The number of carbonyl (C=O) groups is 3. The molecule has 1 fully saturated rings. The maximum atomic E-state index is 13.6. The molecule has 2 heterocycles. The van der Waals surface area contributed by atoms with Crippen LogP contribution in [0.3, 0.4) is 0 Å². The van der Waals surface area contributed by atoms with Crippen molar-refractivity contribution in [3.05, 3.63) is 53.6 Å². The Balaban J connectivity index is 1.50. The number of benzene rings is 2. The summed E-state index contributed by atoms with van der Waals surface area (Å²) in [6, 6.07) is 6.76. The van der Waals surface area contributed by atoms with Crippen LogP contribution in [-0.2, 0) is 14.4 Å². The third-order valence-electron chi connectivity index (χ3n) is 5.24. The molecule has 3 amide bonds. The van der Waals surface area contributed by atoms with Crippen LogP contribution in [0, 0.1) is 17.6 Å². The predicted octanol–water partition coefficient (Wildman–Crippen LogP) is 1.65. The highest BCUT2D eigenvalue weighted by Gasteiger charge is 2.37. The van der Waals surface area contributed by atoms with Crippen LogP contribution in [0.2, 0.25) is 0 Å². The number of hydrogen-bond donors (Lipinski definition) is 2. The Labute approximate surface area is 176 Å². The van der Waals surface area contributed by atoms with E-state index >= 15 is 0 Å². The number of amides is 3. The number of hydrogen-bond acceptors (Lipinski definition) is 5. The van der Waals surface area contributed by atoms with Gasteiger partial charge in [0.05, 0.1) is 5.92 Å². The summed E-state index contributed by atoms with van der Waals surface area (Å²) in [4.78, 5) is 39.1. The number of nitrogens with one attached hydrogen (secondary N) is 2. The molecule has 10 heteroatoms. The van der Waals surface area contributed by atoms with Gasteiger partial charge in [0, 0.05) is 31.8 Å². The van der Waals surface area contributed by atoms with Gasteiger partial charge < -0.3 is 25.0 Å². The van der Waals surface area contributed by atoms with Gasteiger partial charge in [0.25, 0.3) is 0 Å². The topological polar surface area (TPSA) is 97.0 Å². The second kappa shape index (κ2) is 8.21. The minimum atomic E-state index is -1.23. The second-order valence-corrected chi connectivity index (χ2v) is 7.17. The van der Waals surface area contributed by atoms with Gasteiger partial charge in [0.2, 0.25) is 24.5 Å². The first-order valence-electron chi connectivity index (χ1n) is 9.54. The summed E-state index contributed by atoms with van der Waals surface area (Å²) in [5, 5.41) is 4.93. The van der Waals surface area contributed by atoms with Crippen LogP contribution in [0.15, 0.2) is 36.4 Å². The van der Waals surface area contributed by atoms with Crippen molar-refractivity contribution < 1.29 is 32.6 Å². The Kier molecular flexibility index (Phi) is 5.45. The number of carbonyl (C=O) groups excluding carboxylic acids is 3. The van der Waals surface area contributed by atoms with E-state index < -0.39 is 35.4 Å². The molecule has 2 N–H and O–H groups in total. The summed E-state index contributed by atoms with van der Waals surface area (Å²) in [7, 11) is 1.36. The largest absolute Gasteiger partial charge is 0.454 e. The van der Waals surface area contributed by atoms with Crippen molar-refractivity contribution in [2.75, 3.05) is 25.3 Å². The fourth-order valence-electron chi connectivity index (χ4n) is 3.58. The molecule has 0 saturated carbocycles. The van der Waals surface area contributed by atoms with Crippen molar-refractivity contribution in [2.24, 2.45) is 5.92 Å². The number of ether oxygens (including phenoxy) is 2. The number of halogens is 2. The summed E-state index contributed by atoms with van der Waals surface area (Å²) < 4.78 is 37.5. The molecule has 0 bridgehead atoms. The molecule has 0 spiro atoms. The highest BCUT2D eigenvalue weighted by atomic mass is 19.2. The van der Waals surface area contributed by atoms with E-state index in [1.165, 1.54) is 18.0 Å². The average molecular weight is 431 g/mol. The summed E-state index contributed by atoms with van der Waals surface area (Å²) in [6.45, 7) is 0.200. The minimum Gasteiger partial charge on any atom is -0.454 e. The lowest BCUT2D eigenvalue weighted by molar-refractivity contribution is -0.131. The van der Waals surface area contributed by atoms with E-state index in [4.69, 9.17) is 9.47 Å². The molecule has 0 aliphatic carbocycles. The van der Waals surface area contributed by atoms with Gasteiger partial charge in [-0.3, -0.25) is 14.4 Å². The Morgan fingerprint density at radius 3 is 2.61 bits per heavy atom. The van der Waals surface area contributed by atoms with Gasteiger partial charge in [-0.05, 0) is 29.8 Å². The van der Waals surface area contributed by atoms with Gasteiger partial charge in [-0.15, -0.1) is 0 Å². The molecule has 4 rings (SSSR count). The predicted molar refractivity (Wildman–Crippen MR) is 104 cm³/mol. The van der Waals surface area contributed by atoms with Gasteiger partial charge in [0.1, 0.15) is 6.04 Å². The molecule has 31 heavy (non-hydrogen) atoms. The van der Waals surface area contributed by atoms with E-state index in [-0.39, 0.29) is 31.2 Å². The quantitative estimate of drug-likeness (QED) is 0.751. The summed E-state index contributed by atoms with van der Waals surface area (Å²) >= 11 is 0. The number of rotatable bonds is 5. The summed E-state index contributed by atoms with van der Waals surface area (Å²) in [6.07, 6.45) is -0.0570. The Morgan fingerprint density at radius 2 is 1.87 bits per heavy atom. The van der Waals surface area contributed by atoms with Crippen molar-refractivity contribution in [2.45, 2.75) is 12.5 Å². The highest BCUT2D eigenvalue weighted by Crippen LogP contribution is 2.37. The van der Waals surface area contributed by atoms with E-state index in [1.54, 1.807) is 18.2 Å². The van der Waals surface area contributed by atoms with Crippen LogP contribution < -0.4 is 25.0 Å². The standard InChI is InChI=1S/C21H19F2N3O5/c1-24-21(29)19(11-2-4-14(22)15(23)6-11)25-20(28)12-7-18(27)26(9-12)13-3-5-16-17(8-13)31-10-30-16/h2-6,8,12,19H,7,9-10H2,1H3,(H,24,29)(H,25,28). The Morgan fingerprint density at radius 1 is 1.10 bits per heavy atom. The minimum absolute atomic E-state index is 0.0570. The van der Waals surface area contributed by atoms with Crippen LogP contribution in [0.1, 0.15) is 18.0 Å². The summed E-state index contributed by atoms with van der Waals surface area (Å²) in [5.41, 5.74) is 0.650. The summed E-state index contributed by atoms with van der Waals surface area (Å²) in [5.74, 6) is -3.25. The highest BCUT2D eigenvalue weighted by molar-refractivity contribution is 6.01. The third-order valence-corrected chi connectivity index (χ3v) is 5.24. The molecule has 2 aliphatic rings. The van der Waals surface area contributed by atoms with Crippen molar-refractivity contribution in [1.82, 2.24) is 10.6 Å². The molecule has 2 aromatic carbocycles. The van der Waals surface area contributed by atoms with Crippen molar-refractivity contribution >= 4 is 23.4 Å². The Hall–Kier alpha value is -3.69. The van der Waals surface area contributed by atoms with Crippen molar-refractivity contribution in [1.29, 1.82) is 0 Å². The lowest BCUT2D eigenvalue weighted by Gasteiger charge is -2.21. The zero-order chi connectivity index (χ0) is 22.1. The SMILES string of the molecule is CNC(=O)C(NC(=O)C1CC(=O)N(c2ccc3c(c2)OCO3)C1)c1ccc(F)c(F)c1. The first-order chi connectivity index (χ1) is 14.9. The molecule has 1 saturated heterocycles. The monoisotopic (exact) mass is 431 g/mol. The van der Waals surface area contributed by atoms with Crippen LogP contribution in [-0.4, -0.2) is 38.1 Å². The number of nitrogens with zero attached hydrogens (tertiary/aromatic N) is 1. The zero-order valence-electron chi connectivity index (χ0n) is 16.5. The lowest BCUT2D eigenvalue weighted by Crippen LogP contribution is -2.42. The molecule has 2 aliphatic heterocycles. The van der Waals surface area contributed by atoms with Crippen LogP contribution in [0.5, 0.6) is 11.5 Å². The van der Waals surface area contributed by atoms with Gasteiger partial charge in [-0.2, -0.15) is 0 Å². The smallest absolute Gasteiger partial charge is 0.246 e. The average Bonchev–Trinajstić information content (AvgIpc) is 3.39. The van der Waals surface area contributed by atoms with Crippen LogP contribution >= 0.6 is 0 Å². The normalized spacial score (nSPS) is 18.1. The maximum Gasteiger partial charge on any atom is 0.246 e. The first kappa shape index (κ1) is 20.6. The number of fused-ring (bicyclic) bond motifs is 1. The van der Waals surface area contributed by atoms with E-state index in [0.29, 0.717) is 17.2 Å². The molecular weight excluding hydrogens is 412 g/mol. The van der Waals surface area contributed by atoms with Crippen LogP contribution in [0.25, 0.3) is 0 Å². The van der Waals surface area contributed by atoms with Gasteiger partial charge in [-0.1, -0.05) is 6.07 Å². The second-order valence-electron chi connectivity index (χ2n) is 7.17. The fraction of sp³-hybridized carbons (Fsp3) is 0.286. The van der Waals surface area contributed by atoms with Gasteiger partial charge in [-0.25, -0.2) is 8.78 Å². The van der Waals surface area contributed by atoms with Gasteiger partial charge in [0.15, 0.2) is 23.1 Å². The number of likely N-dealkylation sites (N-methyl/N-ethyl adjacent to an activating group) is 1. The molecule has 162 valence electrons. The molecular formula is C21H19F2N3O5. The van der Waals surface area contributed by atoms with E-state index in [2.05, 4.69) is 10.6 Å². The lowest BCUT2D eigenvalue weighted by atomic mass is 10.0. The van der Waals surface area contributed by atoms with Crippen LogP contribution in [0.4, 0.5) is 14.5 Å². The molecule has 0 aromatic heterocycles. The molecule has 8 nitrogen and oxygen atoms in total. The zero-order valence-corrected chi connectivity index (χ0v) is 16.5. The van der Waals surface area contributed by atoms with Crippen molar-refractivity contribution in [3.8, 4) is 11.5 Å². The van der Waals surface area contributed by atoms with E-state index in [1.807, 2.05) is 0 Å². The fourth-order valence-corrected chi connectivity index (χ4v) is 3.58. The molecule has 2 aromatic rings. The molecule has 2 atom stereocenters. The third kappa shape index (κ3) is 4.00. The van der Waals surface area contributed by atoms with Gasteiger partial charge >= 0.3 is 0 Å². The molecule has 2 unspecified atom stereocenters. The molecule has 0 radical (unpaired) electrons. The van der Waals surface area contributed by atoms with E-state index in [0.717, 1.165) is 12.1 Å².